The van der Waals surface area contributed by atoms with Crippen molar-refractivity contribution in [1.29, 1.82) is 0 Å². The fraction of sp³-hybridized carbons (Fsp3) is 1.00. The van der Waals surface area contributed by atoms with E-state index in [4.69, 9.17) is 0 Å². The number of rotatable bonds is 1. The summed E-state index contributed by atoms with van der Waals surface area (Å²) < 4.78 is 26.1. The third kappa shape index (κ3) is 2.12. The number of sulfonamides is 1. The molecule has 16 heavy (non-hydrogen) atoms. The second-order valence-electron chi connectivity index (χ2n) is 5.02. The maximum absolute atomic E-state index is 12.5. The molecule has 0 bridgehead atoms. The van der Waals surface area contributed by atoms with E-state index >= 15 is 0 Å². The first-order chi connectivity index (χ1) is 7.45. The van der Waals surface area contributed by atoms with Crippen molar-refractivity contribution in [1.82, 2.24) is 9.62 Å². The van der Waals surface area contributed by atoms with Gasteiger partial charge in [0.05, 0.1) is 10.1 Å². The van der Waals surface area contributed by atoms with Crippen LogP contribution in [0, 0.1) is 0 Å². The highest BCUT2D eigenvalue weighted by Gasteiger charge is 2.44. The lowest BCUT2D eigenvalue weighted by atomic mass is 10.2. The van der Waals surface area contributed by atoms with Gasteiger partial charge in [0.15, 0.2) is 0 Å². The molecular weight excluding hydrogens is 244 g/mol. The molecule has 0 aromatic heterocycles. The summed E-state index contributed by atoms with van der Waals surface area (Å²) >= 11 is 1.78. The van der Waals surface area contributed by atoms with Crippen molar-refractivity contribution in [3.8, 4) is 0 Å². The summed E-state index contributed by atoms with van der Waals surface area (Å²) in [6, 6.07) is 0. The van der Waals surface area contributed by atoms with Crippen LogP contribution in [-0.2, 0) is 10.0 Å². The van der Waals surface area contributed by atoms with Crippen LogP contribution in [0.25, 0.3) is 0 Å². The van der Waals surface area contributed by atoms with Crippen molar-refractivity contribution >= 4 is 21.8 Å². The minimum absolute atomic E-state index is 0.171. The number of nitrogens with zero attached hydrogens (tertiary/aromatic N) is 1. The van der Waals surface area contributed by atoms with Crippen LogP contribution in [-0.4, -0.2) is 48.2 Å². The van der Waals surface area contributed by atoms with E-state index in [-0.39, 0.29) is 5.37 Å². The predicted octanol–water partition coefficient (Wildman–Crippen LogP) is 0.853. The normalized spacial score (nSPS) is 34.8. The molecule has 6 heteroatoms. The molecule has 2 rings (SSSR count). The third-order valence-corrected chi connectivity index (χ3v) is 7.42. The minimum Gasteiger partial charge on any atom is -0.314 e. The number of hydrogen-bond donors (Lipinski definition) is 1. The molecule has 0 aromatic rings. The Morgan fingerprint density at radius 3 is 2.81 bits per heavy atom. The summed E-state index contributed by atoms with van der Waals surface area (Å²) in [6.07, 6.45) is 2.13. The summed E-state index contributed by atoms with van der Waals surface area (Å²) in [4.78, 5) is 0. The van der Waals surface area contributed by atoms with Crippen LogP contribution in [0.3, 0.4) is 0 Å². The van der Waals surface area contributed by atoms with Gasteiger partial charge in [-0.3, -0.25) is 0 Å². The van der Waals surface area contributed by atoms with Gasteiger partial charge in [-0.15, -0.1) is 11.8 Å². The van der Waals surface area contributed by atoms with Crippen molar-refractivity contribution in [2.45, 2.75) is 36.8 Å². The average molecular weight is 264 g/mol. The lowest BCUT2D eigenvalue weighted by molar-refractivity contribution is 0.387. The summed E-state index contributed by atoms with van der Waals surface area (Å²) in [5, 5.41) is 3.39. The van der Waals surface area contributed by atoms with E-state index in [0.29, 0.717) is 13.1 Å². The lowest BCUT2D eigenvalue weighted by Gasteiger charge is -2.32. The van der Waals surface area contributed by atoms with Crippen molar-refractivity contribution in [2.75, 3.05) is 25.4 Å². The van der Waals surface area contributed by atoms with Gasteiger partial charge in [-0.2, -0.15) is 4.31 Å². The van der Waals surface area contributed by atoms with Crippen molar-refractivity contribution in [3.63, 3.8) is 0 Å². The van der Waals surface area contributed by atoms with Gasteiger partial charge < -0.3 is 5.32 Å². The zero-order chi connectivity index (χ0) is 11.8. The first-order valence-electron chi connectivity index (χ1n) is 5.79. The fourth-order valence-corrected chi connectivity index (χ4v) is 5.59. The summed E-state index contributed by atoms with van der Waals surface area (Å²) in [5.74, 6) is 1.09. The van der Waals surface area contributed by atoms with Gasteiger partial charge >= 0.3 is 0 Å². The van der Waals surface area contributed by atoms with Gasteiger partial charge in [0, 0.05) is 19.6 Å². The number of hydrogen-bond acceptors (Lipinski definition) is 4. The first-order valence-corrected chi connectivity index (χ1v) is 8.28. The van der Waals surface area contributed by atoms with E-state index in [1.54, 1.807) is 16.1 Å². The molecule has 2 aliphatic rings. The third-order valence-electron chi connectivity index (χ3n) is 3.29. The van der Waals surface area contributed by atoms with E-state index in [1.807, 2.05) is 13.8 Å². The van der Waals surface area contributed by atoms with E-state index in [1.165, 1.54) is 0 Å². The Balaban J connectivity index is 2.28. The molecule has 94 valence electrons. The second-order valence-corrected chi connectivity index (χ2v) is 8.83. The van der Waals surface area contributed by atoms with Crippen LogP contribution >= 0.6 is 11.8 Å². The molecule has 2 aliphatic heterocycles. The SMILES string of the molecule is CC1(C)CNCCN(C2CCCS2)S1(=O)=O. The Morgan fingerprint density at radius 1 is 1.44 bits per heavy atom. The molecule has 0 amide bonds. The Hall–Kier alpha value is 0.220. The highest BCUT2D eigenvalue weighted by atomic mass is 32.2. The quantitative estimate of drug-likeness (QED) is 0.763. The average Bonchev–Trinajstić information content (AvgIpc) is 2.66. The molecule has 0 spiro atoms. The molecule has 1 unspecified atom stereocenters. The maximum Gasteiger partial charge on any atom is 0.221 e. The van der Waals surface area contributed by atoms with Gasteiger partial charge in [0.25, 0.3) is 0 Å². The topological polar surface area (TPSA) is 49.4 Å². The van der Waals surface area contributed by atoms with Crippen LogP contribution in [0.15, 0.2) is 0 Å². The van der Waals surface area contributed by atoms with Crippen LogP contribution in [0.5, 0.6) is 0 Å². The van der Waals surface area contributed by atoms with Gasteiger partial charge in [-0.25, -0.2) is 8.42 Å². The molecule has 0 aliphatic carbocycles. The summed E-state index contributed by atoms with van der Waals surface area (Å²) in [7, 11) is -3.17. The summed E-state index contributed by atoms with van der Waals surface area (Å²) in [5.41, 5.74) is 0. The fourth-order valence-electron chi connectivity index (χ4n) is 2.19. The van der Waals surface area contributed by atoms with Crippen molar-refractivity contribution < 1.29 is 8.42 Å². The van der Waals surface area contributed by atoms with E-state index in [0.717, 1.165) is 25.1 Å². The van der Waals surface area contributed by atoms with E-state index in [2.05, 4.69) is 5.32 Å². The predicted molar refractivity (Wildman–Crippen MR) is 68.1 cm³/mol. The molecule has 4 nitrogen and oxygen atoms in total. The molecule has 2 heterocycles. The summed E-state index contributed by atoms with van der Waals surface area (Å²) in [6.45, 7) is 5.55. The minimum atomic E-state index is -3.17. The first kappa shape index (κ1) is 12.7. The molecule has 0 radical (unpaired) electrons. The van der Waals surface area contributed by atoms with Gasteiger partial charge in [0.1, 0.15) is 0 Å². The standard InChI is InChI=1S/C10H20N2O2S2/c1-10(2)8-11-5-6-12(16(10,13)14)9-4-3-7-15-9/h9,11H,3-8H2,1-2H3. The largest absolute Gasteiger partial charge is 0.314 e. The molecule has 1 atom stereocenters. The van der Waals surface area contributed by atoms with Crippen LogP contribution in [0.1, 0.15) is 26.7 Å². The Morgan fingerprint density at radius 2 is 2.19 bits per heavy atom. The van der Waals surface area contributed by atoms with Gasteiger partial charge in [-0.05, 0) is 32.4 Å². The number of nitrogens with one attached hydrogen (secondary N) is 1. The second kappa shape index (κ2) is 4.48. The monoisotopic (exact) mass is 264 g/mol. The molecule has 0 saturated carbocycles. The van der Waals surface area contributed by atoms with Crippen LogP contribution in [0.2, 0.25) is 0 Å². The van der Waals surface area contributed by atoms with E-state index in [9.17, 15) is 8.42 Å². The van der Waals surface area contributed by atoms with Crippen molar-refractivity contribution in [3.05, 3.63) is 0 Å². The molecular formula is C10H20N2O2S2. The Bertz CT molecular complexity index is 348. The molecule has 2 saturated heterocycles. The number of thioether (sulfide) groups is 1. The highest BCUT2D eigenvalue weighted by Crippen LogP contribution is 2.34. The van der Waals surface area contributed by atoms with Crippen LogP contribution in [0.4, 0.5) is 0 Å². The van der Waals surface area contributed by atoms with Gasteiger partial charge in [-0.1, -0.05) is 0 Å². The van der Waals surface area contributed by atoms with E-state index < -0.39 is 14.8 Å². The van der Waals surface area contributed by atoms with Crippen molar-refractivity contribution in [2.24, 2.45) is 0 Å². The van der Waals surface area contributed by atoms with Crippen LogP contribution < -0.4 is 5.32 Å². The molecule has 0 aromatic carbocycles. The molecule has 2 fully saturated rings. The zero-order valence-electron chi connectivity index (χ0n) is 9.90. The van der Waals surface area contributed by atoms with Gasteiger partial charge in [0.2, 0.25) is 10.0 Å². The molecule has 1 N–H and O–H groups in total. The Labute approximate surface area is 102 Å². The smallest absolute Gasteiger partial charge is 0.221 e. The Kier molecular flexibility index (Phi) is 3.55. The lowest BCUT2D eigenvalue weighted by Crippen LogP contribution is -2.48. The zero-order valence-corrected chi connectivity index (χ0v) is 11.5. The highest BCUT2D eigenvalue weighted by molar-refractivity contribution is 8.01. The maximum atomic E-state index is 12.5.